The van der Waals surface area contributed by atoms with E-state index in [-0.39, 0.29) is 6.61 Å². The molecule has 2 aliphatic rings. The number of rotatable bonds is 2. The van der Waals surface area contributed by atoms with Crippen molar-refractivity contribution in [3.05, 3.63) is 0 Å². The minimum absolute atomic E-state index is 0.105. The van der Waals surface area contributed by atoms with Gasteiger partial charge in [-0.05, 0) is 27.7 Å². The highest BCUT2D eigenvalue weighted by atomic mass is 16.9. The Morgan fingerprint density at radius 2 is 1.78 bits per heavy atom. The zero-order valence-electron chi connectivity index (χ0n) is 10.8. The highest BCUT2D eigenvalue weighted by Crippen LogP contribution is 2.36. The summed E-state index contributed by atoms with van der Waals surface area (Å²) < 4.78 is 26.7. The van der Waals surface area contributed by atoms with Crippen LogP contribution in [0.1, 0.15) is 27.7 Å². The van der Waals surface area contributed by atoms with Crippen LogP contribution >= 0.6 is 0 Å². The van der Waals surface area contributed by atoms with Crippen LogP contribution in [0.2, 0.25) is 0 Å². The van der Waals surface area contributed by atoms with Crippen LogP contribution in [0.25, 0.3) is 0 Å². The smallest absolute Gasteiger partial charge is 0.450 e. The van der Waals surface area contributed by atoms with Gasteiger partial charge in [0.25, 0.3) is 0 Å². The third kappa shape index (κ3) is 2.92. The molecule has 2 heterocycles. The van der Waals surface area contributed by atoms with Crippen molar-refractivity contribution in [2.45, 2.75) is 57.8 Å². The SMILES string of the molecule is CC1(C)OC(C2OC(C)(C)OCC2OC(=O)O)O1. The molecule has 2 rings (SSSR count). The molecule has 2 saturated heterocycles. The summed E-state index contributed by atoms with van der Waals surface area (Å²) in [5.74, 6) is -1.50. The van der Waals surface area contributed by atoms with E-state index < -0.39 is 36.2 Å². The van der Waals surface area contributed by atoms with Crippen molar-refractivity contribution in [3.63, 3.8) is 0 Å². The van der Waals surface area contributed by atoms with E-state index in [1.165, 1.54) is 0 Å². The molecular formula is C11H18O7. The fourth-order valence-electron chi connectivity index (χ4n) is 1.98. The summed E-state index contributed by atoms with van der Waals surface area (Å²) in [6.07, 6.45) is -3.43. The lowest BCUT2D eigenvalue weighted by atomic mass is 10.1. The highest BCUT2D eigenvalue weighted by molar-refractivity contribution is 5.57. The van der Waals surface area contributed by atoms with E-state index in [9.17, 15) is 4.79 Å². The standard InChI is InChI=1S/C11H18O7/c1-10(2)14-5-6(15-9(12)13)7(16-10)8-17-11(3,4)18-8/h6-8H,5H2,1-4H3,(H,12,13). The largest absolute Gasteiger partial charge is 0.506 e. The van der Waals surface area contributed by atoms with Gasteiger partial charge in [0.1, 0.15) is 0 Å². The van der Waals surface area contributed by atoms with E-state index in [2.05, 4.69) is 0 Å². The maximum atomic E-state index is 10.6. The predicted molar refractivity (Wildman–Crippen MR) is 57.8 cm³/mol. The second-order valence-corrected chi connectivity index (χ2v) is 5.22. The van der Waals surface area contributed by atoms with Gasteiger partial charge in [-0.25, -0.2) is 4.79 Å². The lowest BCUT2D eigenvalue weighted by Gasteiger charge is -2.50. The number of carboxylic acid groups (broad SMARTS) is 1. The molecule has 2 atom stereocenters. The van der Waals surface area contributed by atoms with E-state index in [1.807, 2.05) is 0 Å². The first-order valence-corrected chi connectivity index (χ1v) is 5.75. The average molecular weight is 262 g/mol. The van der Waals surface area contributed by atoms with Gasteiger partial charge >= 0.3 is 6.16 Å². The molecule has 0 amide bonds. The third-order valence-corrected chi connectivity index (χ3v) is 2.70. The normalized spacial score (nSPS) is 34.7. The van der Waals surface area contributed by atoms with Crippen LogP contribution in [0.3, 0.4) is 0 Å². The highest BCUT2D eigenvalue weighted by Gasteiger charge is 2.51. The van der Waals surface area contributed by atoms with Gasteiger partial charge in [-0.3, -0.25) is 0 Å². The van der Waals surface area contributed by atoms with Gasteiger partial charge in [-0.2, -0.15) is 0 Å². The molecule has 0 bridgehead atoms. The zero-order chi connectivity index (χ0) is 13.6. The van der Waals surface area contributed by atoms with E-state index in [1.54, 1.807) is 27.7 Å². The first-order valence-electron chi connectivity index (χ1n) is 5.75. The molecule has 7 heteroatoms. The fourth-order valence-corrected chi connectivity index (χ4v) is 1.98. The molecule has 2 aliphatic heterocycles. The van der Waals surface area contributed by atoms with Gasteiger partial charge in [0.2, 0.25) is 0 Å². The van der Waals surface area contributed by atoms with Crippen LogP contribution in [0.5, 0.6) is 0 Å². The molecule has 7 nitrogen and oxygen atoms in total. The van der Waals surface area contributed by atoms with Crippen LogP contribution in [-0.4, -0.2) is 47.9 Å². The molecule has 0 aromatic rings. The zero-order valence-corrected chi connectivity index (χ0v) is 10.8. The van der Waals surface area contributed by atoms with Crippen molar-refractivity contribution in [1.82, 2.24) is 0 Å². The van der Waals surface area contributed by atoms with Crippen LogP contribution in [0.15, 0.2) is 0 Å². The van der Waals surface area contributed by atoms with Crippen LogP contribution in [0.4, 0.5) is 4.79 Å². The molecule has 0 aromatic heterocycles. The molecule has 2 unspecified atom stereocenters. The van der Waals surface area contributed by atoms with E-state index in [0.717, 1.165) is 0 Å². The minimum Gasteiger partial charge on any atom is -0.450 e. The van der Waals surface area contributed by atoms with Crippen LogP contribution in [0, 0.1) is 0 Å². The summed E-state index contributed by atoms with van der Waals surface area (Å²) in [6.45, 7) is 7.11. The fraction of sp³-hybridized carbons (Fsp3) is 0.909. The second-order valence-electron chi connectivity index (χ2n) is 5.22. The Labute approximate surface area is 105 Å². The van der Waals surface area contributed by atoms with E-state index in [4.69, 9.17) is 28.8 Å². The quantitative estimate of drug-likeness (QED) is 0.751. The second kappa shape index (κ2) is 4.34. The maximum Gasteiger partial charge on any atom is 0.506 e. The Bertz CT molecular complexity index is 330. The lowest BCUT2D eigenvalue weighted by molar-refractivity contribution is -0.479. The van der Waals surface area contributed by atoms with Gasteiger partial charge in [0.15, 0.2) is 30.1 Å². The molecule has 1 N–H and O–H groups in total. The molecule has 0 aromatic carbocycles. The maximum absolute atomic E-state index is 10.6. The number of hydrogen-bond acceptors (Lipinski definition) is 6. The Morgan fingerprint density at radius 3 is 2.28 bits per heavy atom. The number of hydrogen-bond donors (Lipinski definition) is 1. The first-order chi connectivity index (χ1) is 8.19. The van der Waals surface area contributed by atoms with Gasteiger partial charge in [-0.1, -0.05) is 0 Å². The Balaban J connectivity index is 2.03. The Morgan fingerprint density at radius 1 is 1.17 bits per heavy atom. The van der Waals surface area contributed by atoms with Gasteiger partial charge < -0.3 is 28.8 Å². The third-order valence-electron chi connectivity index (χ3n) is 2.70. The summed E-state index contributed by atoms with van der Waals surface area (Å²) in [4.78, 5) is 10.6. The van der Waals surface area contributed by atoms with Crippen molar-refractivity contribution in [2.24, 2.45) is 0 Å². The van der Waals surface area contributed by atoms with Crippen molar-refractivity contribution in [1.29, 1.82) is 0 Å². The van der Waals surface area contributed by atoms with Gasteiger partial charge in [0, 0.05) is 0 Å². The molecule has 0 saturated carbocycles. The monoisotopic (exact) mass is 262 g/mol. The average Bonchev–Trinajstić information content (AvgIpc) is 2.16. The summed E-state index contributed by atoms with van der Waals surface area (Å²) in [5, 5.41) is 8.67. The van der Waals surface area contributed by atoms with Crippen molar-refractivity contribution in [3.8, 4) is 0 Å². The van der Waals surface area contributed by atoms with Crippen molar-refractivity contribution < 1.29 is 33.6 Å². The molecular weight excluding hydrogens is 244 g/mol. The molecule has 0 radical (unpaired) electrons. The van der Waals surface area contributed by atoms with E-state index >= 15 is 0 Å². The van der Waals surface area contributed by atoms with Gasteiger partial charge in [0.05, 0.1) is 6.61 Å². The molecule has 2 fully saturated rings. The molecule has 0 aliphatic carbocycles. The summed E-state index contributed by atoms with van der Waals surface area (Å²) in [7, 11) is 0. The molecule has 104 valence electrons. The topological polar surface area (TPSA) is 83.5 Å². The Kier molecular flexibility index (Phi) is 3.26. The van der Waals surface area contributed by atoms with Crippen molar-refractivity contribution >= 4 is 6.16 Å². The summed E-state index contributed by atoms with van der Waals surface area (Å²) >= 11 is 0. The minimum atomic E-state index is -1.38. The van der Waals surface area contributed by atoms with Crippen LogP contribution < -0.4 is 0 Å². The Hall–Kier alpha value is -0.890. The number of carbonyl (C=O) groups is 1. The summed E-state index contributed by atoms with van der Waals surface area (Å²) in [5.41, 5.74) is 0. The molecule has 18 heavy (non-hydrogen) atoms. The predicted octanol–water partition coefficient (Wildman–Crippen LogP) is 1.31. The van der Waals surface area contributed by atoms with E-state index in [0.29, 0.717) is 0 Å². The van der Waals surface area contributed by atoms with Gasteiger partial charge in [-0.15, -0.1) is 0 Å². The number of ether oxygens (including phenoxy) is 5. The molecule has 0 spiro atoms. The first kappa shape index (κ1) is 13.5. The lowest BCUT2D eigenvalue weighted by Crippen LogP contribution is -2.63. The summed E-state index contributed by atoms with van der Waals surface area (Å²) in [6, 6.07) is 0. The van der Waals surface area contributed by atoms with Crippen molar-refractivity contribution in [2.75, 3.05) is 6.61 Å². The van der Waals surface area contributed by atoms with Crippen LogP contribution in [-0.2, 0) is 23.7 Å².